The third-order valence-corrected chi connectivity index (χ3v) is 6.67. The molecule has 3 amide bonds. The van der Waals surface area contributed by atoms with Gasteiger partial charge in [0.1, 0.15) is 11.0 Å². The minimum atomic E-state index is -0.674. The van der Waals surface area contributed by atoms with Crippen LogP contribution in [-0.2, 0) is 13.1 Å². The third kappa shape index (κ3) is 4.27. The van der Waals surface area contributed by atoms with Crippen LogP contribution >= 0.6 is 11.6 Å². The van der Waals surface area contributed by atoms with Crippen molar-refractivity contribution in [2.24, 2.45) is 5.73 Å². The fraction of sp³-hybridized carbons (Fsp3) is 0.455. The lowest BCUT2D eigenvalue weighted by atomic mass is 9.84. The van der Waals surface area contributed by atoms with Crippen molar-refractivity contribution in [2.75, 3.05) is 6.54 Å². The molecule has 0 unspecified atom stereocenters. The van der Waals surface area contributed by atoms with Gasteiger partial charge < -0.3 is 25.6 Å². The van der Waals surface area contributed by atoms with E-state index in [1.807, 2.05) is 6.92 Å². The number of amides is 3. The lowest BCUT2D eigenvalue weighted by molar-refractivity contribution is 0.0145. The zero-order valence-corrected chi connectivity index (χ0v) is 18.1. The summed E-state index contributed by atoms with van der Waals surface area (Å²) in [6.07, 6.45) is 2.70. The molecule has 1 aromatic carbocycles. The first-order valence-corrected chi connectivity index (χ1v) is 10.8. The van der Waals surface area contributed by atoms with Crippen LogP contribution in [0.25, 0.3) is 11.1 Å². The minimum absolute atomic E-state index is 0.00323. The average Bonchev–Trinajstić information content (AvgIpc) is 3.01. The van der Waals surface area contributed by atoms with E-state index >= 15 is 0 Å². The van der Waals surface area contributed by atoms with E-state index in [1.165, 1.54) is 12.1 Å². The van der Waals surface area contributed by atoms with Gasteiger partial charge in [-0.25, -0.2) is 9.18 Å². The number of hydrogen-bond donors (Lipinski definition) is 3. The molecule has 0 atom stereocenters. The second-order valence-electron chi connectivity index (χ2n) is 8.66. The van der Waals surface area contributed by atoms with Crippen LogP contribution in [0.4, 0.5) is 9.18 Å². The van der Waals surface area contributed by atoms with Gasteiger partial charge in [-0.1, -0.05) is 23.7 Å². The number of halogens is 2. The molecule has 4 rings (SSSR count). The number of primary amides is 1. The van der Waals surface area contributed by atoms with Crippen LogP contribution < -0.4 is 11.1 Å². The molecular weight excluding hydrogens is 423 g/mol. The Balaban J connectivity index is 1.58. The lowest BCUT2D eigenvalue weighted by Gasteiger charge is -2.35. The Morgan fingerprint density at radius 1 is 1.29 bits per heavy atom. The van der Waals surface area contributed by atoms with E-state index < -0.39 is 17.3 Å². The fourth-order valence-corrected chi connectivity index (χ4v) is 4.90. The Labute approximate surface area is 185 Å². The molecule has 0 spiro atoms. The highest BCUT2D eigenvalue weighted by atomic mass is 35.5. The van der Waals surface area contributed by atoms with Crippen LogP contribution in [-0.4, -0.2) is 44.7 Å². The topological polar surface area (TPSA) is 101 Å². The van der Waals surface area contributed by atoms with Gasteiger partial charge in [0.15, 0.2) is 0 Å². The van der Waals surface area contributed by atoms with Gasteiger partial charge >= 0.3 is 6.03 Å². The number of aliphatic hydroxyl groups is 1. The number of fused-ring (bicyclic) bond motifs is 1. The Bertz CT molecular complexity index is 1030. The second-order valence-corrected chi connectivity index (χ2v) is 9.01. The molecule has 2 aromatic rings. The summed E-state index contributed by atoms with van der Waals surface area (Å²) in [6, 6.07) is 5.62. The number of nitrogens with one attached hydrogen (secondary N) is 1. The van der Waals surface area contributed by atoms with Crippen LogP contribution in [0.15, 0.2) is 24.3 Å². The van der Waals surface area contributed by atoms with E-state index in [0.29, 0.717) is 60.7 Å². The molecule has 0 bridgehead atoms. The van der Waals surface area contributed by atoms with Crippen molar-refractivity contribution in [1.29, 1.82) is 0 Å². The number of hydrogen-bond acceptors (Lipinski definition) is 3. The van der Waals surface area contributed by atoms with Crippen LogP contribution in [0.3, 0.4) is 0 Å². The second kappa shape index (κ2) is 8.16. The molecule has 31 heavy (non-hydrogen) atoms. The molecule has 0 radical (unpaired) electrons. The SMILES string of the molecule is CC1(O)CCC(NC(=O)N2CCn3c(Cl)c(-c4cccc(F)c4)c(C(N)=O)c3C2)CC1. The normalized spacial score (nSPS) is 23.4. The van der Waals surface area contributed by atoms with Crippen molar-refractivity contribution >= 4 is 23.5 Å². The highest BCUT2D eigenvalue weighted by Gasteiger charge is 2.34. The van der Waals surface area contributed by atoms with E-state index in [2.05, 4.69) is 5.32 Å². The number of carbonyl (C=O) groups excluding carboxylic acids is 2. The van der Waals surface area contributed by atoms with Gasteiger partial charge in [0.05, 0.1) is 23.4 Å². The maximum Gasteiger partial charge on any atom is 0.318 e. The summed E-state index contributed by atoms with van der Waals surface area (Å²) in [7, 11) is 0. The Morgan fingerprint density at radius 3 is 2.65 bits per heavy atom. The number of benzene rings is 1. The maximum atomic E-state index is 13.8. The van der Waals surface area contributed by atoms with E-state index in [4.69, 9.17) is 17.3 Å². The molecule has 0 saturated heterocycles. The molecule has 7 nitrogen and oxygen atoms in total. The molecule has 1 fully saturated rings. The first-order chi connectivity index (χ1) is 14.7. The summed E-state index contributed by atoms with van der Waals surface area (Å²) in [4.78, 5) is 26.8. The predicted molar refractivity (Wildman–Crippen MR) is 115 cm³/mol. The average molecular weight is 449 g/mol. The summed E-state index contributed by atoms with van der Waals surface area (Å²) in [5.74, 6) is -1.12. The molecule has 2 heterocycles. The first-order valence-electron chi connectivity index (χ1n) is 10.4. The molecule has 1 aliphatic carbocycles. The van der Waals surface area contributed by atoms with E-state index in [9.17, 15) is 19.1 Å². The molecule has 2 aliphatic rings. The van der Waals surface area contributed by atoms with Gasteiger partial charge in [-0.15, -0.1) is 0 Å². The van der Waals surface area contributed by atoms with Crippen LogP contribution in [0, 0.1) is 5.82 Å². The maximum absolute atomic E-state index is 13.8. The summed E-state index contributed by atoms with van der Waals surface area (Å²) < 4.78 is 15.6. The van der Waals surface area contributed by atoms with Crippen molar-refractivity contribution in [2.45, 2.75) is 57.3 Å². The van der Waals surface area contributed by atoms with Crippen molar-refractivity contribution in [3.05, 3.63) is 46.5 Å². The van der Waals surface area contributed by atoms with Gasteiger partial charge in [0.25, 0.3) is 5.91 Å². The molecule has 4 N–H and O–H groups in total. The largest absolute Gasteiger partial charge is 0.390 e. The zero-order valence-electron chi connectivity index (χ0n) is 17.3. The standard InChI is InChI=1S/C22H26ClFN4O3/c1-22(31)7-5-15(6-8-22)26-21(30)27-9-10-28-16(12-27)18(20(25)29)17(19(28)23)13-3-2-4-14(24)11-13/h2-4,11,15,31H,5-10,12H2,1H3,(H2,25,29)(H,26,30). The quantitative estimate of drug-likeness (QED) is 0.671. The minimum Gasteiger partial charge on any atom is -0.390 e. The molecular formula is C22H26ClFN4O3. The Kier molecular flexibility index (Phi) is 5.70. The molecule has 1 saturated carbocycles. The van der Waals surface area contributed by atoms with Crippen molar-refractivity contribution in [3.8, 4) is 11.1 Å². The molecule has 166 valence electrons. The van der Waals surface area contributed by atoms with Crippen LogP contribution in [0.1, 0.15) is 48.7 Å². The number of rotatable bonds is 3. The highest BCUT2D eigenvalue weighted by molar-refractivity contribution is 6.33. The number of urea groups is 1. The van der Waals surface area contributed by atoms with Gasteiger partial charge in [-0.3, -0.25) is 4.79 Å². The summed E-state index contributed by atoms with van der Waals surface area (Å²) in [5, 5.41) is 13.4. The molecule has 1 aliphatic heterocycles. The summed E-state index contributed by atoms with van der Waals surface area (Å²) in [6.45, 7) is 2.80. The number of nitrogens with two attached hydrogens (primary N) is 1. The van der Waals surface area contributed by atoms with Crippen molar-refractivity contribution in [3.63, 3.8) is 0 Å². The number of nitrogens with zero attached hydrogens (tertiary/aromatic N) is 2. The van der Waals surface area contributed by atoms with E-state index in [1.54, 1.807) is 21.6 Å². The molecule has 9 heteroatoms. The predicted octanol–water partition coefficient (Wildman–Crippen LogP) is 3.27. The van der Waals surface area contributed by atoms with Gasteiger partial charge in [-0.05, 0) is 50.3 Å². The lowest BCUT2D eigenvalue weighted by Crippen LogP contribution is -2.49. The van der Waals surface area contributed by atoms with E-state index in [0.717, 1.165) is 0 Å². The van der Waals surface area contributed by atoms with Crippen LogP contribution in [0.5, 0.6) is 0 Å². The molecule has 1 aromatic heterocycles. The van der Waals surface area contributed by atoms with Gasteiger partial charge in [0, 0.05) is 24.7 Å². The highest BCUT2D eigenvalue weighted by Crippen LogP contribution is 2.38. The number of aromatic nitrogens is 1. The first kappa shape index (κ1) is 21.6. The van der Waals surface area contributed by atoms with Crippen molar-refractivity contribution in [1.82, 2.24) is 14.8 Å². The summed E-state index contributed by atoms with van der Waals surface area (Å²) in [5.41, 5.74) is 6.61. The third-order valence-electron chi connectivity index (χ3n) is 6.28. The van der Waals surface area contributed by atoms with E-state index in [-0.39, 0.29) is 24.2 Å². The Hall–Kier alpha value is -2.58. The zero-order chi connectivity index (χ0) is 22.3. The van der Waals surface area contributed by atoms with Gasteiger partial charge in [-0.2, -0.15) is 0 Å². The smallest absolute Gasteiger partial charge is 0.318 e. The Morgan fingerprint density at radius 2 is 2.00 bits per heavy atom. The number of carbonyl (C=O) groups is 2. The van der Waals surface area contributed by atoms with Crippen LogP contribution in [0.2, 0.25) is 5.15 Å². The van der Waals surface area contributed by atoms with Gasteiger partial charge in [0.2, 0.25) is 0 Å². The van der Waals surface area contributed by atoms with Crippen molar-refractivity contribution < 1.29 is 19.1 Å². The monoisotopic (exact) mass is 448 g/mol. The summed E-state index contributed by atoms with van der Waals surface area (Å²) >= 11 is 6.58. The fourth-order valence-electron chi connectivity index (χ4n) is 4.51.